The average Bonchev–Trinajstić information content (AvgIpc) is 3.11. The van der Waals surface area contributed by atoms with Gasteiger partial charge in [-0.1, -0.05) is 116 Å². The molecule has 0 aromatic heterocycles. The second-order valence-corrected chi connectivity index (χ2v) is 14.8. The number of halogens is 2. The second kappa shape index (κ2) is 16.5. The molecule has 0 aliphatic heterocycles. The third-order valence-corrected chi connectivity index (χ3v) is 11.3. The van der Waals surface area contributed by atoms with Gasteiger partial charge in [0.05, 0.1) is 20.6 Å². The number of nitrogens with zero attached hydrogens (tertiary/aromatic N) is 2. The first-order valence-corrected chi connectivity index (χ1v) is 18.6. The standard InChI is InChI=1S/C38H41Cl2N3O4S/c1-2-28-18-21-32(22-19-28)43(48(46,47)33-16-10-5-11-17-33)27-37(44)42(26-30-20-23-34(39)35(40)24-30)36(25-29-12-6-3-7-13-29)38(45)41-31-14-8-4-9-15-31/h3,5-7,10-13,16-24,31,36H,2,4,8-9,14-15,25-27H2,1H3,(H,41,45)/t36-/m0/s1. The van der Waals surface area contributed by atoms with Crippen molar-refractivity contribution in [3.8, 4) is 0 Å². The van der Waals surface area contributed by atoms with Crippen molar-refractivity contribution >= 4 is 50.7 Å². The van der Waals surface area contributed by atoms with Crippen LogP contribution in [0.2, 0.25) is 10.0 Å². The van der Waals surface area contributed by atoms with Crippen molar-refractivity contribution in [2.75, 3.05) is 10.8 Å². The molecule has 1 saturated carbocycles. The van der Waals surface area contributed by atoms with Crippen molar-refractivity contribution in [1.82, 2.24) is 10.2 Å². The summed E-state index contributed by atoms with van der Waals surface area (Å²) in [5, 5.41) is 3.91. The maximum atomic E-state index is 14.7. The highest BCUT2D eigenvalue weighted by molar-refractivity contribution is 7.92. The van der Waals surface area contributed by atoms with Crippen LogP contribution < -0.4 is 9.62 Å². The number of rotatable bonds is 13. The number of carbonyl (C=O) groups is 2. The molecule has 0 heterocycles. The predicted molar refractivity (Wildman–Crippen MR) is 193 cm³/mol. The molecule has 0 unspecified atom stereocenters. The van der Waals surface area contributed by atoms with E-state index in [2.05, 4.69) is 5.32 Å². The Morgan fingerprint density at radius 3 is 2.04 bits per heavy atom. The van der Waals surface area contributed by atoms with Gasteiger partial charge in [0.2, 0.25) is 11.8 Å². The van der Waals surface area contributed by atoms with Crippen LogP contribution >= 0.6 is 23.2 Å². The van der Waals surface area contributed by atoms with E-state index in [-0.39, 0.29) is 29.8 Å². The fourth-order valence-electron chi connectivity index (χ4n) is 6.08. The van der Waals surface area contributed by atoms with E-state index in [1.54, 1.807) is 48.5 Å². The molecule has 252 valence electrons. The molecule has 2 amide bonds. The van der Waals surface area contributed by atoms with Gasteiger partial charge in [-0.15, -0.1) is 0 Å². The maximum Gasteiger partial charge on any atom is 0.264 e. The largest absolute Gasteiger partial charge is 0.352 e. The lowest BCUT2D eigenvalue weighted by Crippen LogP contribution is -2.55. The summed E-state index contributed by atoms with van der Waals surface area (Å²) in [6.07, 6.45) is 5.96. The van der Waals surface area contributed by atoms with E-state index < -0.39 is 28.5 Å². The van der Waals surface area contributed by atoms with Gasteiger partial charge in [-0.25, -0.2) is 8.42 Å². The summed E-state index contributed by atoms with van der Waals surface area (Å²) in [5.74, 6) is -0.802. The van der Waals surface area contributed by atoms with Crippen LogP contribution in [0, 0.1) is 0 Å². The number of amides is 2. The van der Waals surface area contributed by atoms with E-state index in [4.69, 9.17) is 23.2 Å². The molecule has 0 radical (unpaired) electrons. The van der Waals surface area contributed by atoms with E-state index >= 15 is 0 Å². The topological polar surface area (TPSA) is 86.8 Å². The number of benzene rings is 4. The Kier molecular flexibility index (Phi) is 12.2. The van der Waals surface area contributed by atoms with Gasteiger partial charge < -0.3 is 10.2 Å². The number of anilines is 1. The Balaban J connectivity index is 1.57. The molecule has 1 N–H and O–H groups in total. The van der Waals surface area contributed by atoms with Crippen LogP contribution in [0.4, 0.5) is 5.69 Å². The normalized spacial score (nSPS) is 14.2. The Morgan fingerprint density at radius 2 is 1.42 bits per heavy atom. The molecule has 1 fully saturated rings. The number of nitrogens with one attached hydrogen (secondary N) is 1. The summed E-state index contributed by atoms with van der Waals surface area (Å²) in [6.45, 7) is 1.51. The molecule has 48 heavy (non-hydrogen) atoms. The van der Waals surface area contributed by atoms with Crippen LogP contribution in [-0.2, 0) is 39.0 Å². The molecular formula is C38H41Cl2N3O4S. The molecular weight excluding hydrogens is 665 g/mol. The van der Waals surface area contributed by atoms with Crippen molar-refractivity contribution in [2.45, 2.75) is 75.4 Å². The van der Waals surface area contributed by atoms with Crippen LogP contribution in [0.1, 0.15) is 55.7 Å². The molecule has 4 aromatic carbocycles. The minimum absolute atomic E-state index is 0.0125. The predicted octanol–water partition coefficient (Wildman–Crippen LogP) is 7.84. The van der Waals surface area contributed by atoms with Gasteiger partial charge in [0, 0.05) is 19.0 Å². The van der Waals surface area contributed by atoms with Gasteiger partial charge in [-0.05, 0) is 72.4 Å². The molecule has 7 nitrogen and oxygen atoms in total. The summed E-state index contributed by atoms with van der Waals surface area (Å²) in [5.41, 5.74) is 2.92. The minimum Gasteiger partial charge on any atom is -0.352 e. The highest BCUT2D eigenvalue weighted by atomic mass is 35.5. The Labute approximate surface area is 293 Å². The summed E-state index contributed by atoms with van der Waals surface area (Å²) >= 11 is 12.6. The van der Waals surface area contributed by atoms with Gasteiger partial charge in [-0.2, -0.15) is 0 Å². The van der Waals surface area contributed by atoms with Crippen molar-refractivity contribution in [3.05, 3.63) is 130 Å². The molecule has 0 spiro atoms. The molecule has 4 aromatic rings. The van der Waals surface area contributed by atoms with E-state index in [1.165, 1.54) is 17.0 Å². The summed E-state index contributed by atoms with van der Waals surface area (Å²) in [7, 11) is -4.17. The Morgan fingerprint density at radius 1 is 0.792 bits per heavy atom. The molecule has 0 bridgehead atoms. The molecule has 0 saturated heterocycles. The molecule has 1 aliphatic carbocycles. The highest BCUT2D eigenvalue weighted by Crippen LogP contribution is 2.28. The van der Waals surface area contributed by atoms with Gasteiger partial charge in [0.15, 0.2) is 0 Å². The highest BCUT2D eigenvalue weighted by Gasteiger charge is 2.35. The number of carbonyl (C=O) groups excluding carboxylic acids is 2. The van der Waals surface area contributed by atoms with Crippen LogP contribution in [-0.4, -0.2) is 43.8 Å². The number of sulfonamides is 1. The first-order valence-electron chi connectivity index (χ1n) is 16.4. The maximum absolute atomic E-state index is 14.7. The molecule has 1 aliphatic rings. The number of hydrogen-bond acceptors (Lipinski definition) is 4. The zero-order valence-corrected chi connectivity index (χ0v) is 29.4. The molecule has 5 rings (SSSR count). The van der Waals surface area contributed by atoms with Gasteiger partial charge in [0.1, 0.15) is 12.6 Å². The lowest BCUT2D eigenvalue weighted by molar-refractivity contribution is -0.140. The Hall–Kier alpha value is -3.85. The second-order valence-electron chi connectivity index (χ2n) is 12.2. The monoisotopic (exact) mass is 705 g/mol. The lowest BCUT2D eigenvalue weighted by atomic mass is 9.94. The summed E-state index contributed by atoms with van der Waals surface area (Å²) in [4.78, 5) is 30.5. The molecule has 10 heteroatoms. The fourth-order valence-corrected chi connectivity index (χ4v) is 7.84. The van der Waals surface area contributed by atoms with Crippen LogP contribution in [0.15, 0.2) is 108 Å². The fraction of sp³-hybridized carbons (Fsp3) is 0.316. The van der Waals surface area contributed by atoms with Crippen LogP contribution in [0.5, 0.6) is 0 Å². The zero-order chi connectivity index (χ0) is 34.1. The van der Waals surface area contributed by atoms with E-state index in [0.717, 1.165) is 54.0 Å². The first kappa shape index (κ1) is 35.5. The van der Waals surface area contributed by atoms with E-state index in [1.807, 2.05) is 49.4 Å². The third-order valence-electron chi connectivity index (χ3n) is 8.80. The van der Waals surface area contributed by atoms with Gasteiger partial charge >= 0.3 is 0 Å². The average molecular weight is 707 g/mol. The zero-order valence-electron chi connectivity index (χ0n) is 27.0. The summed E-state index contributed by atoms with van der Waals surface area (Å²) in [6, 6.07) is 28.9. The van der Waals surface area contributed by atoms with Crippen molar-refractivity contribution in [3.63, 3.8) is 0 Å². The van der Waals surface area contributed by atoms with Gasteiger partial charge in [-0.3, -0.25) is 13.9 Å². The van der Waals surface area contributed by atoms with Crippen molar-refractivity contribution in [1.29, 1.82) is 0 Å². The minimum atomic E-state index is -4.17. The first-order chi connectivity index (χ1) is 23.2. The summed E-state index contributed by atoms with van der Waals surface area (Å²) < 4.78 is 29.5. The smallest absolute Gasteiger partial charge is 0.264 e. The molecule has 1 atom stereocenters. The van der Waals surface area contributed by atoms with E-state index in [0.29, 0.717) is 21.3 Å². The number of hydrogen-bond donors (Lipinski definition) is 1. The van der Waals surface area contributed by atoms with Gasteiger partial charge in [0.25, 0.3) is 10.0 Å². The van der Waals surface area contributed by atoms with Crippen molar-refractivity contribution in [2.24, 2.45) is 0 Å². The Bertz CT molecular complexity index is 1780. The van der Waals surface area contributed by atoms with Crippen LogP contribution in [0.25, 0.3) is 0 Å². The van der Waals surface area contributed by atoms with Crippen LogP contribution in [0.3, 0.4) is 0 Å². The number of aryl methyl sites for hydroxylation is 1. The SMILES string of the molecule is CCc1ccc(N(CC(=O)N(Cc2ccc(Cl)c(Cl)c2)[C@@H](Cc2ccccc2)C(=O)NC2CCCCC2)S(=O)(=O)c2ccccc2)cc1. The van der Waals surface area contributed by atoms with Crippen molar-refractivity contribution < 1.29 is 18.0 Å². The third kappa shape index (κ3) is 8.98. The lowest BCUT2D eigenvalue weighted by Gasteiger charge is -2.35. The van der Waals surface area contributed by atoms with E-state index in [9.17, 15) is 18.0 Å². The quantitative estimate of drug-likeness (QED) is 0.154.